The molecule has 1 heterocycles. The second-order valence-electron chi connectivity index (χ2n) is 7.34. The van der Waals surface area contributed by atoms with Gasteiger partial charge in [0.15, 0.2) is 0 Å². The van der Waals surface area contributed by atoms with Crippen LogP contribution in [0.5, 0.6) is 0 Å². The van der Waals surface area contributed by atoms with Crippen LogP contribution in [0.2, 0.25) is 0 Å². The zero-order valence-electron chi connectivity index (χ0n) is 16.6. The van der Waals surface area contributed by atoms with Crippen molar-refractivity contribution in [3.05, 3.63) is 103 Å². The molecule has 0 aliphatic heterocycles. The van der Waals surface area contributed by atoms with E-state index in [1.54, 1.807) is 0 Å². The molecule has 146 valence electrons. The lowest BCUT2D eigenvalue weighted by Gasteiger charge is -2.25. The molecule has 0 saturated carbocycles. The van der Waals surface area contributed by atoms with Crippen molar-refractivity contribution in [3.8, 4) is 0 Å². The number of benzene rings is 3. The van der Waals surface area contributed by atoms with Crippen molar-refractivity contribution in [2.45, 2.75) is 18.8 Å². The predicted molar refractivity (Wildman–Crippen MR) is 132 cm³/mol. The number of hydrogen-bond donors (Lipinski definition) is 0. The molecule has 0 aliphatic rings. The largest absolute Gasteiger partial charge is 0.253 e. The summed E-state index contributed by atoms with van der Waals surface area (Å²) in [5.41, 5.74) is 2.34. The first-order valence-electron chi connectivity index (χ1n) is 10.3. The number of aromatic nitrogens is 1. The van der Waals surface area contributed by atoms with Crippen molar-refractivity contribution in [2.24, 2.45) is 0 Å². The monoisotopic (exact) mass is 415 g/mol. The number of hydrogen-bond acceptors (Lipinski definition) is 1. The number of para-hydroxylation sites is 1. The van der Waals surface area contributed by atoms with Crippen LogP contribution in [0.1, 0.15) is 24.5 Å². The summed E-state index contributed by atoms with van der Waals surface area (Å²) in [4.78, 5) is 5.07. The highest BCUT2D eigenvalue weighted by Gasteiger charge is 2.22. The molecule has 2 atom stereocenters. The molecule has 0 saturated heterocycles. The third-order valence-electron chi connectivity index (χ3n) is 5.33. The molecule has 0 bridgehead atoms. The minimum Gasteiger partial charge on any atom is -0.253 e. The molecule has 3 aromatic carbocycles. The first-order chi connectivity index (χ1) is 14.3. The van der Waals surface area contributed by atoms with Gasteiger partial charge in [-0.25, -0.2) is 0 Å². The average Bonchev–Trinajstić information content (AvgIpc) is 2.80. The maximum Gasteiger partial charge on any atom is 0.0705 e. The van der Waals surface area contributed by atoms with Gasteiger partial charge in [-0.05, 0) is 55.8 Å². The van der Waals surface area contributed by atoms with E-state index in [-0.39, 0.29) is 0 Å². The number of fused-ring (bicyclic) bond motifs is 1. The van der Waals surface area contributed by atoms with E-state index in [0.717, 1.165) is 17.8 Å². The molecule has 0 amide bonds. The van der Waals surface area contributed by atoms with Crippen LogP contribution < -0.4 is 10.6 Å². The maximum atomic E-state index is 5.07. The molecule has 1 nitrogen and oxygen atoms in total. The van der Waals surface area contributed by atoms with Crippen molar-refractivity contribution >= 4 is 38.7 Å². The predicted octanol–water partition coefficient (Wildman–Crippen LogP) is 6.11. The van der Waals surface area contributed by atoms with Crippen molar-refractivity contribution < 1.29 is 0 Å². The smallest absolute Gasteiger partial charge is 0.0705 e. The van der Waals surface area contributed by atoms with E-state index in [4.69, 9.17) is 4.98 Å². The van der Waals surface area contributed by atoms with Crippen LogP contribution in [0.4, 0.5) is 0 Å². The van der Waals surface area contributed by atoms with Gasteiger partial charge in [-0.1, -0.05) is 84.9 Å². The Bertz CT molecular complexity index is 994. The Hall–Kier alpha value is -2.07. The Labute approximate surface area is 177 Å². The molecule has 4 aromatic rings. The molecule has 0 fully saturated rings. The van der Waals surface area contributed by atoms with Gasteiger partial charge in [-0.3, -0.25) is 4.98 Å². The topological polar surface area (TPSA) is 12.9 Å². The van der Waals surface area contributed by atoms with E-state index in [2.05, 4.69) is 106 Å². The minimum atomic E-state index is -0.420. The second kappa shape index (κ2) is 10.1. The van der Waals surface area contributed by atoms with Gasteiger partial charge in [0.25, 0.3) is 0 Å². The highest BCUT2D eigenvalue weighted by Crippen LogP contribution is 2.40. The lowest BCUT2D eigenvalue weighted by molar-refractivity contribution is 0.660. The van der Waals surface area contributed by atoms with Crippen molar-refractivity contribution in [1.82, 2.24) is 4.98 Å². The van der Waals surface area contributed by atoms with Gasteiger partial charge in [0, 0.05) is 17.0 Å². The molecule has 0 radical (unpaired) electrons. The molecule has 4 rings (SSSR count). The molecule has 29 heavy (non-hydrogen) atoms. The van der Waals surface area contributed by atoms with E-state index in [9.17, 15) is 0 Å². The van der Waals surface area contributed by atoms with Gasteiger partial charge in [-0.2, -0.15) is 0 Å². The first kappa shape index (κ1) is 20.2. The fourth-order valence-electron chi connectivity index (χ4n) is 3.80. The van der Waals surface area contributed by atoms with Gasteiger partial charge >= 0.3 is 0 Å². The third-order valence-corrected chi connectivity index (χ3v) is 8.39. The van der Waals surface area contributed by atoms with Crippen molar-refractivity contribution in [1.29, 1.82) is 0 Å². The van der Waals surface area contributed by atoms with Crippen LogP contribution in [0.15, 0.2) is 97.1 Å². The highest BCUT2D eigenvalue weighted by atomic mass is 31.1. The summed E-state index contributed by atoms with van der Waals surface area (Å²) in [6.07, 6.45) is 4.65. The molecule has 0 spiro atoms. The number of rotatable bonds is 8. The molecule has 3 heteroatoms. The van der Waals surface area contributed by atoms with E-state index >= 15 is 0 Å². The molecular weight excluding hydrogens is 388 g/mol. The van der Waals surface area contributed by atoms with E-state index < -0.39 is 7.92 Å². The Morgan fingerprint density at radius 1 is 0.724 bits per heavy atom. The highest BCUT2D eigenvalue weighted by molar-refractivity contribution is 7.73. The SMILES string of the molecule is PCCCC(CP(c1ccccc1)c1ccccc1)c1ccc2ccccc2n1. The van der Waals surface area contributed by atoms with E-state index in [1.807, 2.05) is 0 Å². The first-order valence-corrected chi connectivity index (χ1v) is 12.6. The van der Waals surface area contributed by atoms with Crippen LogP contribution in [0.25, 0.3) is 10.9 Å². The summed E-state index contributed by atoms with van der Waals surface area (Å²) in [6, 6.07) is 35.0. The van der Waals surface area contributed by atoms with Gasteiger partial charge in [0.2, 0.25) is 0 Å². The summed E-state index contributed by atoms with van der Waals surface area (Å²) in [6.45, 7) is 0. The summed E-state index contributed by atoms with van der Waals surface area (Å²) < 4.78 is 0. The van der Waals surface area contributed by atoms with Gasteiger partial charge < -0.3 is 0 Å². The van der Waals surface area contributed by atoms with Crippen LogP contribution >= 0.6 is 17.2 Å². The summed E-state index contributed by atoms with van der Waals surface area (Å²) in [5, 5.41) is 4.12. The number of nitrogens with zero attached hydrogens (tertiary/aromatic N) is 1. The summed E-state index contributed by atoms with van der Waals surface area (Å²) >= 11 is 0. The van der Waals surface area contributed by atoms with Crippen LogP contribution in [-0.2, 0) is 0 Å². The summed E-state index contributed by atoms with van der Waals surface area (Å²) in [7, 11) is 2.46. The quantitative estimate of drug-likeness (QED) is 0.317. The Morgan fingerprint density at radius 2 is 1.34 bits per heavy atom. The molecule has 1 aromatic heterocycles. The van der Waals surface area contributed by atoms with Crippen molar-refractivity contribution in [3.63, 3.8) is 0 Å². The third kappa shape index (κ3) is 5.11. The van der Waals surface area contributed by atoms with E-state index in [1.165, 1.54) is 34.5 Å². The van der Waals surface area contributed by atoms with Crippen molar-refractivity contribution in [2.75, 3.05) is 12.3 Å². The Morgan fingerprint density at radius 3 is 2.00 bits per heavy atom. The lowest BCUT2D eigenvalue weighted by Crippen LogP contribution is -2.18. The standard InChI is InChI=1S/C26H27NP2/c28-19-9-11-22(26-18-17-21-10-7-8-16-25(21)27-26)20-29(23-12-3-1-4-13-23)24-14-5-2-6-15-24/h1-8,10,12-18,22H,9,11,19-20,28H2. The number of pyridine rings is 1. The minimum absolute atomic E-state index is 0.420. The lowest BCUT2D eigenvalue weighted by atomic mass is 10.0. The molecule has 0 N–H and O–H groups in total. The van der Waals surface area contributed by atoms with Crippen LogP contribution in [0.3, 0.4) is 0 Å². The normalized spacial score (nSPS) is 12.3. The van der Waals surface area contributed by atoms with E-state index in [0.29, 0.717) is 5.92 Å². The second-order valence-corrected chi connectivity index (χ2v) is 10.2. The molecule has 2 unspecified atom stereocenters. The zero-order chi connectivity index (χ0) is 19.9. The van der Waals surface area contributed by atoms with Gasteiger partial charge in [0.1, 0.15) is 0 Å². The maximum absolute atomic E-state index is 5.07. The van der Waals surface area contributed by atoms with Gasteiger partial charge in [0.05, 0.1) is 5.52 Å². The zero-order valence-corrected chi connectivity index (χ0v) is 18.7. The Kier molecular flexibility index (Phi) is 7.04. The fourth-order valence-corrected chi connectivity index (χ4v) is 6.63. The Balaban J connectivity index is 1.70. The fraction of sp³-hybridized carbons (Fsp3) is 0.192. The van der Waals surface area contributed by atoms with Crippen LogP contribution in [0, 0.1) is 0 Å². The molecule has 0 aliphatic carbocycles. The summed E-state index contributed by atoms with van der Waals surface area (Å²) in [5.74, 6) is 0.465. The average molecular weight is 415 g/mol. The van der Waals surface area contributed by atoms with Crippen LogP contribution in [-0.4, -0.2) is 17.3 Å². The van der Waals surface area contributed by atoms with Gasteiger partial charge in [-0.15, -0.1) is 9.24 Å². The molecular formula is C26H27NP2.